The smallest absolute Gasteiger partial charge is 0.145 e. The van der Waals surface area contributed by atoms with Gasteiger partial charge in [-0.3, -0.25) is 0 Å². The van der Waals surface area contributed by atoms with E-state index in [1.54, 1.807) is 0 Å². The van der Waals surface area contributed by atoms with Crippen molar-refractivity contribution >= 4 is 11.6 Å². The zero-order chi connectivity index (χ0) is 12.3. The van der Waals surface area contributed by atoms with Crippen LogP contribution < -0.4 is 16.2 Å². The third-order valence-electron chi connectivity index (χ3n) is 2.97. The molecule has 1 saturated carbocycles. The second kappa shape index (κ2) is 5.31. The van der Waals surface area contributed by atoms with E-state index in [9.17, 15) is 0 Å². The minimum atomic E-state index is 0.685. The molecule has 0 bridgehead atoms. The number of nitrogens with zero attached hydrogens (tertiary/aromatic N) is 3. The Balaban J connectivity index is 2.17. The van der Waals surface area contributed by atoms with E-state index in [-0.39, 0.29) is 0 Å². The highest BCUT2D eigenvalue weighted by Gasteiger charge is 2.24. The number of nitrogens with one attached hydrogen (secondary N) is 1. The molecule has 0 amide bonds. The van der Waals surface area contributed by atoms with Crippen LogP contribution in [0.5, 0.6) is 0 Å². The van der Waals surface area contributed by atoms with Crippen molar-refractivity contribution in [2.75, 3.05) is 23.4 Å². The van der Waals surface area contributed by atoms with Crippen LogP contribution in [0.1, 0.15) is 32.0 Å². The summed E-state index contributed by atoms with van der Waals surface area (Å²) in [5.74, 6) is 8.70. The van der Waals surface area contributed by atoms with Gasteiger partial charge in [-0.25, -0.2) is 15.8 Å². The third kappa shape index (κ3) is 3.30. The van der Waals surface area contributed by atoms with Crippen LogP contribution in [0.15, 0.2) is 6.07 Å². The zero-order valence-corrected chi connectivity index (χ0v) is 10.6. The Bertz CT molecular complexity index is 375. The third-order valence-corrected chi connectivity index (χ3v) is 2.97. The molecule has 1 aromatic heterocycles. The van der Waals surface area contributed by atoms with Gasteiger partial charge in [0.05, 0.1) is 0 Å². The van der Waals surface area contributed by atoms with Crippen LogP contribution in [-0.2, 0) is 0 Å². The summed E-state index contributed by atoms with van der Waals surface area (Å²) in [7, 11) is 0. The molecule has 94 valence electrons. The molecule has 1 heterocycles. The molecule has 2 rings (SSSR count). The average Bonchev–Trinajstić information content (AvgIpc) is 3.11. The Hall–Kier alpha value is -1.36. The predicted molar refractivity (Wildman–Crippen MR) is 69.8 cm³/mol. The van der Waals surface area contributed by atoms with Gasteiger partial charge in [0.15, 0.2) is 0 Å². The van der Waals surface area contributed by atoms with E-state index in [1.807, 2.05) is 13.0 Å². The van der Waals surface area contributed by atoms with Crippen molar-refractivity contribution in [3.8, 4) is 0 Å². The monoisotopic (exact) mass is 235 g/mol. The molecule has 0 saturated heterocycles. The SMILES string of the molecule is CCCN(CC1CC1)c1cc(NN)nc(C)n1. The molecule has 17 heavy (non-hydrogen) atoms. The van der Waals surface area contributed by atoms with Crippen molar-refractivity contribution in [1.29, 1.82) is 0 Å². The molecule has 0 atom stereocenters. The lowest BCUT2D eigenvalue weighted by molar-refractivity contribution is 0.696. The van der Waals surface area contributed by atoms with Gasteiger partial charge in [-0.1, -0.05) is 6.92 Å². The van der Waals surface area contributed by atoms with Crippen LogP contribution in [0.2, 0.25) is 0 Å². The molecule has 3 N–H and O–H groups in total. The van der Waals surface area contributed by atoms with E-state index in [2.05, 4.69) is 27.2 Å². The fraction of sp³-hybridized carbons (Fsp3) is 0.667. The Morgan fingerprint density at radius 3 is 2.82 bits per heavy atom. The standard InChI is InChI=1S/C12H21N5/c1-3-6-17(8-10-4-5-10)12-7-11(16-13)14-9(2)15-12/h7,10H,3-6,8,13H2,1-2H3,(H,14,15,16). The topological polar surface area (TPSA) is 67.1 Å². The number of nitrogen functional groups attached to an aromatic ring is 1. The molecule has 0 unspecified atom stereocenters. The van der Waals surface area contributed by atoms with Crippen molar-refractivity contribution in [1.82, 2.24) is 9.97 Å². The summed E-state index contributed by atoms with van der Waals surface area (Å²) >= 11 is 0. The lowest BCUT2D eigenvalue weighted by atomic mass is 10.3. The maximum absolute atomic E-state index is 5.42. The maximum Gasteiger partial charge on any atom is 0.145 e. The van der Waals surface area contributed by atoms with Gasteiger partial charge < -0.3 is 10.3 Å². The molecule has 5 nitrogen and oxygen atoms in total. The lowest BCUT2D eigenvalue weighted by Crippen LogP contribution is -2.28. The van der Waals surface area contributed by atoms with Gasteiger partial charge in [0.2, 0.25) is 0 Å². The van der Waals surface area contributed by atoms with Gasteiger partial charge >= 0.3 is 0 Å². The minimum absolute atomic E-state index is 0.685. The number of hydrogen-bond donors (Lipinski definition) is 2. The molecule has 5 heteroatoms. The van der Waals surface area contributed by atoms with E-state index in [4.69, 9.17) is 5.84 Å². The summed E-state index contributed by atoms with van der Waals surface area (Å²) in [6.45, 7) is 6.23. The second-order valence-electron chi connectivity index (χ2n) is 4.69. The van der Waals surface area contributed by atoms with Gasteiger partial charge in [-0.05, 0) is 32.1 Å². The van der Waals surface area contributed by atoms with Gasteiger partial charge in [0.25, 0.3) is 0 Å². The first-order chi connectivity index (χ1) is 8.22. The van der Waals surface area contributed by atoms with Gasteiger partial charge in [0.1, 0.15) is 17.5 Å². The summed E-state index contributed by atoms with van der Waals surface area (Å²) in [6.07, 6.45) is 3.83. The summed E-state index contributed by atoms with van der Waals surface area (Å²) < 4.78 is 0. The largest absolute Gasteiger partial charge is 0.356 e. The number of aromatic nitrogens is 2. The zero-order valence-electron chi connectivity index (χ0n) is 10.6. The second-order valence-corrected chi connectivity index (χ2v) is 4.69. The molecule has 0 radical (unpaired) electrons. The van der Waals surface area contributed by atoms with E-state index in [0.29, 0.717) is 5.82 Å². The van der Waals surface area contributed by atoms with Crippen molar-refractivity contribution < 1.29 is 0 Å². The fourth-order valence-electron chi connectivity index (χ4n) is 1.97. The summed E-state index contributed by atoms with van der Waals surface area (Å²) in [5.41, 5.74) is 2.60. The molecule has 0 spiro atoms. The predicted octanol–water partition coefficient (Wildman–Crippen LogP) is 1.70. The summed E-state index contributed by atoms with van der Waals surface area (Å²) in [4.78, 5) is 11.1. The van der Waals surface area contributed by atoms with Crippen LogP contribution in [-0.4, -0.2) is 23.1 Å². The van der Waals surface area contributed by atoms with Gasteiger partial charge in [-0.15, -0.1) is 0 Å². The Morgan fingerprint density at radius 2 is 2.24 bits per heavy atom. The summed E-state index contributed by atoms with van der Waals surface area (Å²) in [5, 5.41) is 0. The highest BCUT2D eigenvalue weighted by atomic mass is 15.3. The van der Waals surface area contributed by atoms with Crippen molar-refractivity contribution in [3.63, 3.8) is 0 Å². The fourth-order valence-corrected chi connectivity index (χ4v) is 1.97. The lowest BCUT2D eigenvalue weighted by Gasteiger charge is -2.23. The van der Waals surface area contributed by atoms with Crippen molar-refractivity contribution in [2.45, 2.75) is 33.1 Å². The van der Waals surface area contributed by atoms with Crippen LogP contribution >= 0.6 is 0 Å². The average molecular weight is 235 g/mol. The van der Waals surface area contributed by atoms with Crippen LogP contribution in [0.4, 0.5) is 11.6 Å². The maximum atomic E-state index is 5.42. The molecule has 1 aliphatic rings. The number of anilines is 2. The quantitative estimate of drug-likeness (QED) is 0.580. The van der Waals surface area contributed by atoms with E-state index in [0.717, 1.165) is 37.1 Å². The van der Waals surface area contributed by atoms with Crippen LogP contribution in [0, 0.1) is 12.8 Å². The Labute approximate surface area is 102 Å². The first kappa shape index (κ1) is 12.1. The number of nitrogens with two attached hydrogens (primary N) is 1. The van der Waals surface area contributed by atoms with Gasteiger partial charge in [0, 0.05) is 19.2 Å². The molecule has 1 fully saturated rings. The molecule has 0 aromatic carbocycles. The molecular weight excluding hydrogens is 214 g/mol. The molecule has 1 aliphatic carbocycles. The minimum Gasteiger partial charge on any atom is -0.356 e. The van der Waals surface area contributed by atoms with Crippen molar-refractivity contribution in [2.24, 2.45) is 11.8 Å². The Morgan fingerprint density at radius 1 is 1.47 bits per heavy atom. The number of rotatable bonds is 6. The number of aryl methyl sites for hydroxylation is 1. The molecule has 0 aliphatic heterocycles. The highest BCUT2D eigenvalue weighted by molar-refractivity contribution is 5.48. The first-order valence-electron chi connectivity index (χ1n) is 6.30. The van der Waals surface area contributed by atoms with E-state index >= 15 is 0 Å². The summed E-state index contributed by atoms with van der Waals surface area (Å²) in [6, 6.07) is 1.92. The highest BCUT2D eigenvalue weighted by Crippen LogP contribution is 2.31. The Kier molecular flexibility index (Phi) is 3.78. The molecule has 1 aromatic rings. The van der Waals surface area contributed by atoms with Crippen molar-refractivity contribution in [3.05, 3.63) is 11.9 Å². The normalized spacial score (nSPS) is 14.8. The van der Waals surface area contributed by atoms with Crippen LogP contribution in [0.3, 0.4) is 0 Å². The van der Waals surface area contributed by atoms with Crippen LogP contribution in [0.25, 0.3) is 0 Å². The van der Waals surface area contributed by atoms with E-state index in [1.165, 1.54) is 12.8 Å². The molecular formula is C12H21N5. The number of hydrazine groups is 1. The van der Waals surface area contributed by atoms with E-state index < -0.39 is 0 Å². The number of hydrogen-bond acceptors (Lipinski definition) is 5. The van der Waals surface area contributed by atoms with Gasteiger partial charge in [-0.2, -0.15) is 0 Å². The first-order valence-corrected chi connectivity index (χ1v) is 6.30.